The van der Waals surface area contributed by atoms with Gasteiger partial charge in [0.05, 0.1) is 0 Å². The largest absolute Gasteiger partial charge is 0.376 e. The van der Waals surface area contributed by atoms with E-state index in [1.807, 2.05) is 54.6 Å². The molecule has 0 fully saturated rings. The van der Waals surface area contributed by atoms with Crippen LogP contribution in [-0.4, -0.2) is 5.11 Å². The first-order valence-electron chi connectivity index (χ1n) is 5.30. The first-order chi connectivity index (χ1) is 8.27. The molecule has 0 aliphatic heterocycles. The van der Waals surface area contributed by atoms with Gasteiger partial charge in [0.25, 0.3) is 0 Å². The molecule has 84 valence electrons. The Morgan fingerprint density at radius 1 is 0.941 bits per heavy atom. The van der Waals surface area contributed by atoms with E-state index in [1.54, 1.807) is 0 Å². The second kappa shape index (κ2) is 5.58. The molecule has 0 saturated heterocycles. The van der Waals surface area contributed by atoms with Gasteiger partial charge in [0.2, 0.25) is 0 Å². The summed E-state index contributed by atoms with van der Waals surface area (Å²) in [7, 11) is 0. The Morgan fingerprint density at radius 3 is 2.29 bits per heavy atom. The van der Waals surface area contributed by atoms with Crippen LogP contribution in [0.4, 0.5) is 0 Å². The van der Waals surface area contributed by atoms with Gasteiger partial charge >= 0.3 is 0 Å². The van der Waals surface area contributed by atoms with Crippen LogP contribution in [-0.2, 0) is 0 Å². The molecular weight excluding hydrogens is 228 g/mol. The molecule has 1 atom stereocenters. The third kappa shape index (κ3) is 3.13. The van der Waals surface area contributed by atoms with E-state index in [1.165, 1.54) is 0 Å². The van der Waals surface area contributed by atoms with Crippen molar-refractivity contribution in [2.75, 3.05) is 0 Å². The highest BCUT2D eigenvalue weighted by atomic mass is 32.1. The zero-order chi connectivity index (χ0) is 12.1. The number of benzene rings is 2. The third-order valence-electron chi connectivity index (χ3n) is 2.36. The zero-order valence-electron chi connectivity index (χ0n) is 9.17. The number of thiol groups is 1. The van der Waals surface area contributed by atoms with Crippen LogP contribution in [0.3, 0.4) is 0 Å². The minimum Gasteiger partial charge on any atom is -0.376 e. The van der Waals surface area contributed by atoms with Crippen molar-refractivity contribution in [3.8, 4) is 11.8 Å². The lowest BCUT2D eigenvalue weighted by Crippen LogP contribution is -1.92. The second-order valence-electron chi connectivity index (χ2n) is 3.60. The minimum absolute atomic E-state index is 0.760. The third-order valence-corrected chi connectivity index (χ3v) is 2.75. The monoisotopic (exact) mass is 240 g/mol. The van der Waals surface area contributed by atoms with Gasteiger partial charge in [-0.1, -0.05) is 54.3 Å². The molecule has 2 aromatic carbocycles. The van der Waals surface area contributed by atoms with E-state index in [9.17, 15) is 5.11 Å². The fourth-order valence-electron chi connectivity index (χ4n) is 1.44. The molecule has 0 amide bonds. The molecule has 0 aliphatic rings. The van der Waals surface area contributed by atoms with Gasteiger partial charge in [0.15, 0.2) is 0 Å². The maximum absolute atomic E-state index is 9.87. The summed E-state index contributed by atoms with van der Waals surface area (Å²) in [5, 5.41) is 9.87. The van der Waals surface area contributed by atoms with E-state index >= 15 is 0 Å². The summed E-state index contributed by atoms with van der Waals surface area (Å²) >= 11 is 4.30. The van der Waals surface area contributed by atoms with Crippen LogP contribution in [0.2, 0.25) is 0 Å². The van der Waals surface area contributed by atoms with Crippen molar-refractivity contribution in [1.82, 2.24) is 0 Å². The van der Waals surface area contributed by atoms with Crippen molar-refractivity contribution >= 4 is 12.6 Å². The second-order valence-corrected chi connectivity index (χ2v) is 4.08. The molecule has 0 radical (unpaired) electrons. The lowest BCUT2D eigenvalue weighted by molar-refractivity contribution is 0.238. The Kier molecular flexibility index (Phi) is 3.87. The predicted molar refractivity (Wildman–Crippen MR) is 72.0 cm³/mol. The first kappa shape index (κ1) is 11.8. The highest BCUT2D eigenvalue weighted by Gasteiger charge is 2.01. The maximum atomic E-state index is 9.87. The maximum Gasteiger partial charge on any atom is 0.140 e. The first-order valence-corrected chi connectivity index (χ1v) is 5.74. The SMILES string of the molecule is OC(C#Cc1ccccc1S)c1ccccc1. The van der Waals surface area contributed by atoms with E-state index in [0.29, 0.717) is 0 Å². The van der Waals surface area contributed by atoms with Crippen molar-refractivity contribution in [3.05, 3.63) is 65.7 Å². The summed E-state index contributed by atoms with van der Waals surface area (Å²) in [5.74, 6) is 5.75. The summed E-state index contributed by atoms with van der Waals surface area (Å²) < 4.78 is 0. The Bertz CT molecular complexity index is 552. The lowest BCUT2D eigenvalue weighted by atomic mass is 10.1. The molecule has 0 heterocycles. The summed E-state index contributed by atoms with van der Waals surface area (Å²) in [6.45, 7) is 0. The van der Waals surface area contributed by atoms with E-state index < -0.39 is 6.10 Å². The number of hydrogen-bond acceptors (Lipinski definition) is 2. The van der Waals surface area contributed by atoms with Crippen molar-refractivity contribution in [2.45, 2.75) is 11.0 Å². The van der Waals surface area contributed by atoms with Crippen LogP contribution in [0.1, 0.15) is 17.2 Å². The molecule has 0 aliphatic carbocycles. The average molecular weight is 240 g/mol. The molecule has 2 rings (SSSR count). The van der Waals surface area contributed by atoms with Crippen LogP contribution >= 0.6 is 12.6 Å². The van der Waals surface area contributed by atoms with Crippen molar-refractivity contribution < 1.29 is 5.11 Å². The molecule has 1 unspecified atom stereocenters. The Labute approximate surface area is 107 Å². The van der Waals surface area contributed by atoms with Gasteiger partial charge in [0.1, 0.15) is 6.10 Å². The van der Waals surface area contributed by atoms with Crippen LogP contribution in [0.5, 0.6) is 0 Å². The van der Waals surface area contributed by atoms with Gasteiger partial charge < -0.3 is 5.11 Å². The molecule has 1 nitrogen and oxygen atoms in total. The average Bonchev–Trinajstić information content (AvgIpc) is 2.38. The van der Waals surface area contributed by atoms with Gasteiger partial charge in [-0.25, -0.2) is 0 Å². The molecule has 2 aromatic rings. The summed E-state index contributed by atoms with van der Waals surface area (Å²) in [6.07, 6.45) is -0.760. The number of rotatable bonds is 1. The van der Waals surface area contributed by atoms with Gasteiger partial charge in [-0.05, 0) is 17.7 Å². The molecule has 17 heavy (non-hydrogen) atoms. The van der Waals surface area contributed by atoms with Gasteiger partial charge in [-0.15, -0.1) is 12.6 Å². The van der Waals surface area contributed by atoms with E-state index in [4.69, 9.17) is 0 Å². The Hall–Kier alpha value is -1.69. The smallest absolute Gasteiger partial charge is 0.140 e. The number of aliphatic hydroxyl groups is 1. The van der Waals surface area contributed by atoms with Gasteiger partial charge in [-0.3, -0.25) is 0 Å². The Morgan fingerprint density at radius 2 is 1.59 bits per heavy atom. The number of aliphatic hydroxyl groups excluding tert-OH is 1. The van der Waals surface area contributed by atoms with Gasteiger partial charge in [0, 0.05) is 10.5 Å². The molecule has 0 bridgehead atoms. The quantitative estimate of drug-likeness (QED) is 0.580. The fraction of sp³-hybridized carbons (Fsp3) is 0.0667. The van der Waals surface area contributed by atoms with Crippen LogP contribution in [0.25, 0.3) is 0 Å². The van der Waals surface area contributed by atoms with Crippen LogP contribution in [0, 0.1) is 11.8 Å². The standard InChI is InChI=1S/C15H12OS/c16-14(12-6-2-1-3-7-12)11-10-13-8-4-5-9-15(13)17/h1-9,14,16-17H. The zero-order valence-corrected chi connectivity index (χ0v) is 10.1. The van der Waals surface area contributed by atoms with Crippen molar-refractivity contribution in [2.24, 2.45) is 0 Å². The lowest BCUT2D eigenvalue weighted by Gasteiger charge is -2.02. The highest BCUT2D eigenvalue weighted by molar-refractivity contribution is 7.80. The molecule has 0 spiro atoms. The van der Waals surface area contributed by atoms with Crippen molar-refractivity contribution in [3.63, 3.8) is 0 Å². The Balaban J connectivity index is 2.21. The molecule has 1 N–H and O–H groups in total. The van der Waals surface area contributed by atoms with Crippen LogP contribution in [0.15, 0.2) is 59.5 Å². The van der Waals surface area contributed by atoms with E-state index in [2.05, 4.69) is 24.5 Å². The predicted octanol–water partition coefficient (Wildman–Crippen LogP) is 3.06. The summed E-state index contributed by atoms with van der Waals surface area (Å²) in [4.78, 5) is 0.820. The topological polar surface area (TPSA) is 20.2 Å². The number of hydrogen-bond donors (Lipinski definition) is 2. The molecule has 2 heteroatoms. The summed E-state index contributed by atoms with van der Waals surface area (Å²) in [6, 6.07) is 16.9. The summed E-state index contributed by atoms with van der Waals surface area (Å²) in [5.41, 5.74) is 1.63. The van der Waals surface area contributed by atoms with Crippen LogP contribution < -0.4 is 0 Å². The molecular formula is C15H12OS. The van der Waals surface area contributed by atoms with Crippen molar-refractivity contribution in [1.29, 1.82) is 0 Å². The van der Waals surface area contributed by atoms with E-state index in [0.717, 1.165) is 16.0 Å². The molecule has 0 aromatic heterocycles. The minimum atomic E-state index is -0.760. The highest BCUT2D eigenvalue weighted by Crippen LogP contribution is 2.13. The normalized spacial score (nSPS) is 11.4. The van der Waals surface area contributed by atoms with E-state index in [-0.39, 0.29) is 0 Å². The molecule has 0 saturated carbocycles. The fourth-order valence-corrected chi connectivity index (χ4v) is 1.66. The van der Waals surface area contributed by atoms with Gasteiger partial charge in [-0.2, -0.15) is 0 Å².